The van der Waals surface area contributed by atoms with E-state index in [1.54, 1.807) is 21.3 Å². The van der Waals surface area contributed by atoms with E-state index in [1.165, 1.54) is 5.57 Å². The number of ether oxygens (including phenoxy) is 3. The summed E-state index contributed by atoms with van der Waals surface area (Å²) in [6.45, 7) is 8.76. The zero-order valence-electron chi connectivity index (χ0n) is 18.4. The molecule has 2 rings (SSSR count). The Morgan fingerprint density at radius 2 is 1.93 bits per heavy atom. The lowest BCUT2D eigenvalue weighted by molar-refractivity contribution is -0.0794. The molecule has 0 aromatic carbocycles. The van der Waals surface area contributed by atoms with Crippen molar-refractivity contribution in [1.82, 2.24) is 10.6 Å². The largest absolute Gasteiger partial charge is 0.352 e. The number of rotatable bonds is 8. The Balaban J connectivity index is 2.41. The Labute approximate surface area is 170 Å². The molecule has 0 saturated heterocycles. The predicted molar refractivity (Wildman–Crippen MR) is 110 cm³/mol. The molecule has 0 aromatic heterocycles. The molecule has 1 aliphatic carbocycles. The van der Waals surface area contributed by atoms with Gasteiger partial charge in [0.2, 0.25) is 0 Å². The van der Waals surface area contributed by atoms with Gasteiger partial charge in [-0.1, -0.05) is 33.8 Å². The van der Waals surface area contributed by atoms with Crippen LogP contribution < -0.4 is 10.6 Å². The molecular weight excluding hydrogens is 354 g/mol. The molecule has 0 fully saturated rings. The number of methoxy groups -OCH3 is 3. The summed E-state index contributed by atoms with van der Waals surface area (Å²) in [4.78, 5) is 0. The number of nitrogens with one attached hydrogen (secondary N) is 2. The summed E-state index contributed by atoms with van der Waals surface area (Å²) in [5.74, 6) is 0.710. The van der Waals surface area contributed by atoms with Crippen molar-refractivity contribution < 1.29 is 14.2 Å². The van der Waals surface area contributed by atoms with E-state index in [1.807, 2.05) is 0 Å². The van der Waals surface area contributed by atoms with Crippen molar-refractivity contribution in [2.75, 3.05) is 21.3 Å². The highest BCUT2D eigenvalue weighted by molar-refractivity contribution is 5.31. The van der Waals surface area contributed by atoms with Gasteiger partial charge in [0.25, 0.3) is 0 Å². The van der Waals surface area contributed by atoms with Crippen molar-refractivity contribution in [2.45, 2.75) is 65.6 Å². The van der Waals surface area contributed by atoms with Gasteiger partial charge in [0.15, 0.2) is 12.6 Å². The Hall–Kier alpha value is -1.39. The quantitative estimate of drug-likeness (QED) is 0.487. The van der Waals surface area contributed by atoms with E-state index >= 15 is 0 Å². The fourth-order valence-electron chi connectivity index (χ4n) is 4.77. The third-order valence-electron chi connectivity index (χ3n) is 5.91. The highest BCUT2D eigenvalue weighted by Gasteiger charge is 2.38. The molecule has 158 valence electrons. The molecule has 1 aliphatic heterocycles. The van der Waals surface area contributed by atoms with Crippen LogP contribution in [0.1, 0.15) is 47.0 Å². The lowest BCUT2D eigenvalue weighted by Crippen LogP contribution is -2.56. The summed E-state index contributed by atoms with van der Waals surface area (Å²) in [5, 5.41) is 17.2. The highest BCUT2D eigenvalue weighted by atomic mass is 16.7. The molecule has 1 heterocycles. The number of allylic oxidation sites excluding steroid dienone is 2. The van der Waals surface area contributed by atoms with E-state index in [0.717, 1.165) is 30.5 Å². The topological polar surface area (TPSA) is 75.5 Å². The van der Waals surface area contributed by atoms with Crippen LogP contribution in [0.3, 0.4) is 0 Å². The van der Waals surface area contributed by atoms with Gasteiger partial charge in [0, 0.05) is 33.1 Å². The fourth-order valence-corrected chi connectivity index (χ4v) is 4.77. The predicted octanol–water partition coefficient (Wildman–Crippen LogP) is 3.53. The SMILES string of the molecule is CCC1NC(OC)NC(C(C#N)C2CC(C(OC)OC)=CC(C)C2)=C1C(C)C. The molecule has 6 nitrogen and oxygen atoms in total. The van der Waals surface area contributed by atoms with Crippen LogP contribution in [0.2, 0.25) is 0 Å². The molecule has 0 radical (unpaired) electrons. The Morgan fingerprint density at radius 1 is 1.25 bits per heavy atom. The molecule has 6 heteroatoms. The number of nitriles is 1. The van der Waals surface area contributed by atoms with Crippen LogP contribution >= 0.6 is 0 Å². The van der Waals surface area contributed by atoms with E-state index in [2.05, 4.69) is 50.5 Å². The fraction of sp³-hybridized carbons (Fsp3) is 0.773. The molecule has 0 spiro atoms. The van der Waals surface area contributed by atoms with Gasteiger partial charge < -0.3 is 19.5 Å². The zero-order valence-corrected chi connectivity index (χ0v) is 18.4. The summed E-state index contributed by atoms with van der Waals surface area (Å²) < 4.78 is 16.5. The van der Waals surface area contributed by atoms with Crippen LogP contribution in [0.4, 0.5) is 0 Å². The lowest BCUT2D eigenvalue weighted by Gasteiger charge is -2.41. The van der Waals surface area contributed by atoms with Gasteiger partial charge >= 0.3 is 0 Å². The van der Waals surface area contributed by atoms with Crippen molar-refractivity contribution in [1.29, 1.82) is 5.26 Å². The maximum atomic E-state index is 10.2. The third kappa shape index (κ3) is 4.96. The summed E-state index contributed by atoms with van der Waals surface area (Å²) >= 11 is 0. The second-order valence-corrected chi connectivity index (χ2v) is 8.24. The van der Waals surface area contributed by atoms with E-state index in [4.69, 9.17) is 14.2 Å². The molecule has 5 unspecified atom stereocenters. The van der Waals surface area contributed by atoms with Crippen LogP contribution in [0.15, 0.2) is 22.9 Å². The van der Waals surface area contributed by atoms with Crippen molar-refractivity contribution >= 4 is 0 Å². The summed E-state index contributed by atoms with van der Waals surface area (Å²) in [6.07, 6.45) is 4.34. The van der Waals surface area contributed by atoms with Crippen molar-refractivity contribution in [2.24, 2.45) is 23.7 Å². The second kappa shape index (κ2) is 10.4. The van der Waals surface area contributed by atoms with Gasteiger partial charge in [-0.3, -0.25) is 5.32 Å². The first-order valence-electron chi connectivity index (χ1n) is 10.3. The molecule has 5 atom stereocenters. The number of hydrogen-bond acceptors (Lipinski definition) is 6. The molecule has 0 saturated carbocycles. The molecule has 2 aliphatic rings. The first-order valence-corrected chi connectivity index (χ1v) is 10.3. The minimum Gasteiger partial charge on any atom is -0.352 e. The molecule has 28 heavy (non-hydrogen) atoms. The van der Waals surface area contributed by atoms with Gasteiger partial charge in [0.1, 0.15) is 0 Å². The normalized spacial score (nSPS) is 29.5. The molecule has 0 amide bonds. The minimum atomic E-state index is -0.348. The molecule has 2 N–H and O–H groups in total. The smallest absolute Gasteiger partial charge is 0.184 e. The van der Waals surface area contributed by atoms with Crippen LogP contribution in [0, 0.1) is 35.0 Å². The maximum absolute atomic E-state index is 10.2. The Bertz CT molecular complexity index is 619. The van der Waals surface area contributed by atoms with Gasteiger partial charge in [-0.25, -0.2) is 0 Å². The van der Waals surface area contributed by atoms with E-state index in [-0.39, 0.29) is 30.5 Å². The molecule has 0 aromatic rings. The van der Waals surface area contributed by atoms with E-state index in [0.29, 0.717) is 11.8 Å². The van der Waals surface area contributed by atoms with Crippen LogP contribution in [0.25, 0.3) is 0 Å². The summed E-state index contributed by atoms with van der Waals surface area (Å²) in [7, 11) is 5.00. The average Bonchev–Trinajstić information content (AvgIpc) is 2.68. The zero-order chi connectivity index (χ0) is 20.8. The first kappa shape index (κ1) is 22.9. The van der Waals surface area contributed by atoms with Crippen LogP contribution in [0.5, 0.6) is 0 Å². The van der Waals surface area contributed by atoms with Crippen molar-refractivity contribution in [3.05, 3.63) is 22.9 Å². The van der Waals surface area contributed by atoms with Gasteiger partial charge in [-0.05, 0) is 48.2 Å². The summed E-state index contributed by atoms with van der Waals surface area (Å²) in [6, 6.07) is 2.83. The highest BCUT2D eigenvalue weighted by Crippen LogP contribution is 2.40. The molecule has 0 bridgehead atoms. The number of nitrogens with zero attached hydrogens (tertiary/aromatic N) is 1. The van der Waals surface area contributed by atoms with Gasteiger partial charge in [-0.2, -0.15) is 5.26 Å². The van der Waals surface area contributed by atoms with E-state index < -0.39 is 0 Å². The monoisotopic (exact) mass is 391 g/mol. The second-order valence-electron chi connectivity index (χ2n) is 8.24. The number of hydrogen-bond donors (Lipinski definition) is 2. The average molecular weight is 392 g/mol. The molecular formula is C22H37N3O3. The standard InChI is InChI=1S/C22H37N3O3/c1-8-18-19(13(2)3)20(25-22(24-18)28-7)17(12-23)15-9-14(4)10-16(11-15)21(26-5)27-6/h10,13-15,17-18,21-22,24-25H,8-9,11H2,1-7H3. The Morgan fingerprint density at radius 3 is 2.43 bits per heavy atom. The van der Waals surface area contributed by atoms with Gasteiger partial charge in [0.05, 0.1) is 12.0 Å². The summed E-state index contributed by atoms with van der Waals surface area (Å²) in [5.41, 5.74) is 3.46. The Kier molecular flexibility index (Phi) is 8.51. The third-order valence-corrected chi connectivity index (χ3v) is 5.91. The maximum Gasteiger partial charge on any atom is 0.184 e. The minimum absolute atomic E-state index is 0.206. The van der Waals surface area contributed by atoms with Crippen molar-refractivity contribution in [3.8, 4) is 6.07 Å². The first-order chi connectivity index (χ1) is 13.4. The van der Waals surface area contributed by atoms with Crippen LogP contribution in [-0.4, -0.2) is 40.0 Å². The van der Waals surface area contributed by atoms with Crippen LogP contribution in [-0.2, 0) is 14.2 Å². The van der Waals surface area contributed by atoms with Crippen molar-refractivity contribution in [3.63, 3.8) is 0 Å². The lowest BCUT2D eigenvalue weighted by atomic mass is 9.73. The van der Waals surface area contributed by atoms with E-state index in [9.17, 15) is 5.26 Å². The van der Waals surface area contributed by atoms with Gasteiger partial charge in [-0.15, -0.1) is 0 Å².